The van der Waals surface area contributed by atoms with Gasteiger partial charge in [0.15, 0.2) is 6.29 Å². The van der Waals surface area contributed by atoms with E-state index in [9.17, 15) is 0 Å². The fourth-order valence-corrected chi connectivity index (χ4v) is 0.465. The molecular weight excluding hydrogens is 172 g/mol. The highest BCUT2D eigenvalue weighted by atomic mass is 79.9. The Labute approximate surface area is 58.3 Å². The standard InChI is InChI=1S/C5H11BrO2/c1-5(7-2)8-4-3-6/h5H,3-4H2,1-2H3. The van der Waals surface area contributed by atoms with E-state index >= 15 is 0 Å². The van der Waals surface area contributed by atoms with Crippen LogP contribution in [-0.4, -0.2) is 25.3 Å². The van der Waals surface area contributed by atoms with Crippen molar-refractivity contribution < 1.29 is 9.47 Å². The second-order valence-corrected chi connectivity index (χ2v) is 2.16. The van der Waals surface area contributed by atoms with E-state index in [0.29, 0.717) is 6.61 Å². The van der Waals surface area contributed by atoms with Gasteiger partial charge in [-0.2, -0.15) is 0 Å². The van der Waals surface area contributed by atoms with E-state index in [0.717, 1.165) is 5.33 Å². The maximum atomic E-state index is 5.07. The molecule has 0 aromatic rings. The smallest absolute Gasteiger partial charge is 0.154 e. The maximum Gasteiger partial charge on any atom is 0.154 e. The van der Waals surface area contributed by atoms with Crippen molar-refractivity contribution >= 4 is 15.9 Å². The summed E-state index contributed by atoms with van der Waals surface area (Å²) in [6.45, 7) is 2.57. The van der Waals surface area contributed by atoms with Crippen molar-refractivity contribution in [2.45, 2.75) is 13.2 Å². The van der Waals surface area contributed by atoms with Gasteiger partial charge in [0.25, 0.3) is 0 Å². The molecule has 0 aromatic heterocycles. The SMILES string of the molecule is COC(C)OCCBr. The summed E-state index contributed by atoms with van der Waals surface area (Å²) in [7, 11) is 1.62. The van der Waals surface area contributed by atoms with E-state index in [1.54, 1.807) is 7.11 Å². The summed E-state index contributed by atoms with van der Waals surface area (Å²) in [6, 6.07) is 0. The first-order chi connectivity index (χ1) is 3.81. The van der Waals surface area contributed by atoms with Crippen molar-refractivity contribution in [3.05, 3.63) is 0 Å². The molecule has 0 radical (unpaired) electrons. The van der Waals surface area contributed by atoms with Crippen LogP contribution in [0.2, 0.25) is 0 Å². The van der Waals surface area contributed by atoms with Crippen LogP contribution in [0.1, 0.15) is 6.92 Å². The predicted octanol–water partition coefficient (Wildman–Crippen LogP) is 1.39. The van der Waals surface area contributed by atoms with Crippen LogP contribution in [0.25, 0.3) is 0 Å². The second kappa shape index (κ2) is 5.54. The Morgan fingerprint density at radius 1 is 1.62 bits per heavy atom. The first-order valence-electron chi connectivity index (χ1n) is 2.51. The van der Waals surface area contributed by atoms with Crippen molar-refractivity contribution in [2.75, 3.05) is 19.0 Å². The Morgan fingerprint density at radius 3 is 2.62 bits per heavy atom. The molecular formula is C5H11BrO2. The Morgan fingerprint density at radius 2 is 2.25 bits per heavy atom. The Kier molecular flexibility index (Phi) is 5.81. The van der Waals surface area contributed by atoms with E-state index in [-0.39, 0.29) is 6.29 Å². The predicted molar refractivity (Wildman–Crippen MR) is 36.2 cm³/mol. The number of hydrogen-bond donors (Lipinski definition) is 0. The minimum Gasteiger partial charge on any atom is -0.356 e. The van der Waals surface area contributed by atoms with Crippen LogP contribution in [0, 0.1) is 0 Å². The fourth-order valence-electron chi connectivity index (χ4n) is 0.279. The summed E-state index contributed by atoms with van der Waals surface area (Å²) >= 11 is 3.23. The highest BCUT2D eigenvalue weighted by Gasteiger charge is 1.94. The van der Waals surface area contributed by atoms with E-state index in [1.165, 1.54) is 0 Å². The van der Waals surface area contributed by atoms with Gasteiger partial charge in [-0.1, -0.05) is 15.9 Å². The van der Waals surface area contributed by atoms with Crippen LogP contribution in [0.15, 0.2) is 0 Å². The molecule has 2 nitrogen and oxygen atoms in total. The summed E-state index contributed by atoms with van der Waals surface area (Å²) in [5.74, 6) is 0. The summed E-state index contributed by atoms with van der Waals surface area (Å²) < 4.78 is 9.88. The lowest BCUT2D eigenvalue weighted by atomic mass is 10.7. The van der Waals surface area contributed by atoms with Gasteiger partial charge in [-0.15, -0.1) is 0 Å². The van der Waals surface area contributed by atoms with Crippen molar-refractivity contribution in [2.24, 2.45) is 0 Å². The monoisotopic (exact) mass is 182 g/mol. The molecule has 0 aliphatic rings. The zero-order valence-electron chi connectivity index (χ0n) is 5.19. The number of alkyl halides is 1. The molecule has 0 fully saturated rings. The Hall–Kier alpha value is 0.400. The minimum atomic E-state index is -0.0763. The van der Waals surface area contributed by atoms with Gasteiger partial charge in [-0.3, -0.25) is 0 Å². The number of hydrogen-bond acceptors (Lipinski definition) is 2. The zero-order chi connectivity index (χ0) is 6.41. The average molecular weight is 183 g/mol. The molecule has 1 atom stereocenters. The lowest BCUT2D eigenvalue weighted by molar-refractivity contribution is -0.105. The van der Waals surface area contributed by atoms with Crippen molar-refractivity contribution in [1.82, 2.24) is 0 Å². The highest BCUT2D eigenvalue weighted by molar-refractivity contribution is 9.09. The first kappa shape index (κ1) is 8.40. The molecule has 0 saturated carbocycles. The molecule has 0 amide bonds. The number of methoxy groups -OCH3 is 1. The van der Waals surface area contributed by atoms with Gasteiger partial charge in [-0.25, -0.2) is 0 Å². The Bertz CT molecular complexity index is 49.7. The van der Waals surface area contributed by atoms with Crippen LogP contribution in [0.3, 0.4) is 0 Å². The first-order valence-corrected chi connectivity index (χ1v) is 3.63. The lowest BCUT2D eigenvalue weighted by Gasteiger charge is -2.07. The van der Waals surface area contributed by atoms with Gasteiger partial charge in [0, 0.05) is 12.4 Å². The van der Waals surface area contributed by atoms with Gasteiger partial charge in [0.1, 0.15) is 0 Å². The average Bonchev–Trinajstić information content (AvgIpc) is 1.83. The number of halogens is 1. The molecule has 0 rings (SSSR count). The second-order valence-electron chi connectivity index (χ2n) is 1.36. The molecule has 8 heavy (non-hydrogen) atoms. The van der Waals surface area contributed by atoms with E-state index in [4.69, 9.17) is 9.47 Å². The van der Waals surface area contributed by atoms with Crippen LogP contribution >= 0.6 is 15.9 Å². The fraction of sp³-hybridized carbons (Fsp3) is 1.00. The van der Waals surface area contributed by atoms with Crippen molar-refractivity contribution in [1.29, 1.82) is 0 Å². The summed E-state index contributed by atoms with van der Waals surface area (Å²) in [5.41, 5.74) is 0. The molecule has 0 heterocycles. The molecule has 3 heteroatoms. The van der Waals surface area contributed by atoms with Crippen LogP contribution in [0.5, 0.6) is 0 Å². The molecule has 0 bridgehead atoms. The molecule has 1 unspecified atom stereocenters. The van der Waals surface area contributed by atoms with E-state index in [1.807, 2.05) is 6.92 Å². The van der Waals surface area contributed by atoms with Gasteiger partial charge in [-0.05, 0) is 6.92 Å². The van der Waals surface area contributed by atoms with Gasteiger partial charge in [0.05, 0.1) is 6.61 Å². The molecule has 0 aliphatic heterocycles. The molecule has 0 aliphatic carbocycles. The largest absolute Gasteiger partial charge is 0.356 e. The van der Waals surface area contributed by atoms with Crippen LogP contribution in [-0.2, 0) is 9.47 Å². The highest BCUT2D eigenvalue weighted by Crippen LogP contribution is 1.90. The zero-order valence-corrected chi connectivity index (χ0v) is 6.77. The molecule has 0 spiro atoms. The summed E-state index contributed by atoms with van der Waals surface area (Å²) in [6.07, 6.45) is -0.0763. The Balaban J connectivity index is 2.86. The van der Waals surface area contributed by atoms with Crippen LogP contribution in [0.4, 0.5) is 0 Å². The quantitative estimate of drug-likeness (QED) is 0.484. The van der Waals surface area contributed by atoms with Gasteiger partial charge < -0.3 is 9.47 Å². The topological polar surface area (TPSA) is 18.5 Å². The number of ether oxygens (including phenoxy) is 2. The molecule has 50 valence electrons. The van der Waals surface area contributed by atoms with Gasteiger partial charge in [0.2, 0.25) is 0 Å². The van der Waals surface area contributed by atoms with Crippen molar-refractivity contribution in [3.8, 4) is 0 Å². The summed E-state index contributed by atoms with van der Waals surface area (Å²) in [5, 5.41) is 0.862. The lowest BCUT2D eigenvalue weighted by Crippen LogP contribution is -2.11. The molecule has 0 aromatic carbocycles. The van der Waals surface area contributed by atoms with E-state index < -0.39 is 0 Å². The molecule has 0 saturated heterocycles. The molecule has 0 N–H and O–H groups in total. The third kappa shape index (κ3) is 4.56. The summed E-state index contributed by atoms with van der Waals surface area (Å²) in [4.78, 5) is 0. The minimum absolute atomic E-state index is 0.0763. The van der Waals surface area contributed by atoms with Crippen LogP contribution < -0.4 is 0 Å². The third-order valence-corrected chi connectivity index (χ3v) is 1.09. The van der Waals surface area contributed by atoms with Gasteiger partial charge >= 0.3 is 0 Å². The number of rotatable bonds is 4. The maximum absolute atomic E-state index is 5.07. The van der Waals surface area contributed by atoms with Crippen molar-refractivity contribution in [3.63, 3.8) is 0 Å². The normalized spacial score (nSPS) is 13.9. The third-order valence-electron chi connectivity index (χ3n) is 0.762. The van der Waals surface area contributed by atoms with E-state index in [2.05, 4.69) is 15.9 Å².